The van der Waals surface area contributed by atoms with E-state index in [1.165, 1.54) is 12.1 Å². The summed E-state index contributed by atoms with van der Waals surface area (Å²) in [5.74, 6) is -1.90. The minimum atomic E-state index is -0.895. The minimum absolute atomic E-state index is 0.341. The van der Waals surface area contributed by atoms with Gasteiger partial charge >= 0.3 is 5.97 Å². The van der Waals surface area contributed by atoms with Gasteiger partial charge in [-0.2, -0.15) is 5.10 Å². The Morgan fingerprint density at radius 1 is 1.19 bits per heavy atom. The van der Waals surface area contributed by atoms with Crippen molar-refractivity contribution in [3.8, 4) is 16.9 Å². The molecule has 4 rings (SSSR count). The number of fused-ring (bicyclic) bond motifs is 1. The van der Waals surface area contributed by atoms with Gasteiger partial charge in [-0.1, -0.05) is 23.2 Å². The van der Waals surface area contributed by atoms with Crippen LogP contribution in [-0.4, -0.2) is 20.9 Å². The maximum atomic E-state index is 13.4. The first-order chi connectivity index (χ1) is 13.0. The second-order valence-corrected chi connectivity index (χ2v) is 7.35. The summed E-state index contributed by atoms with van der Waals surface area (Å²) in [6, 6.07) is 11.1. The molecule has 4 nitrogen and oxygen atoms in total. The van der Waals surface area contributed by atoms with Crippen LogP contribution in [0.5, 0.6) is 0 Å². The summed E-state index contributed by atoms with van der Waals surface area (Å²) in [5, 5.41) is 15.1. The summed E-state index contributed by atoms with van der Waals surface area (Å²) in [6.45, 7) is 0. The largest absolute Gasteiger partial charge is 0.481 e. The van der Waals surface area contributed by atoms with Crippen LogP contribution in [0.3, 0.4) is 0 Å². The predicted octanol–water partition coefficient (Wildman–Crippen LogP) is 5.49. The molecular weight excluding hydrogens is 390 g/mol. The van der Waals surface area contributed by atoms with Crippen molar-refractivity contribution in [3.63, 3.8) is 0 Å². The zero-order valence-electron chi connectivity index (χ0n) is 14.1. The second-order valence-electron chi connectivity index (χ2n) is 6.51. The van der Waals surface area contributed by atoms with E-state index >= 15 is 0 Å². The molecule has 138 valence electrons. The van der Waals surface area contributed by atoms with Crippen LogP contribution in [0, 0.1) is 5.82 Å². The summed E-state index contributed by atoms with van der Waals surface area (Å²) < 4.78 is 15.1. The fourth-order valence-electron chi connectivity index (χ4n) is 3.59. The molecule has 0 spiro atoms. The Hall–Kier alpha value is -2.37. The van der Waals surface area contributed by atoms with Gasteiger partial charge in [-0.3, -0.25) is 4.79 Å². The Kier molecular flexibility index (Phi) is 4.66. The molecule has 27 heavy (non-hydrogen) atoms. The number of hydrogen-bond acceptors (Lipinski definition) is 2. The van der Waals surface area contributed by atoms with E-state index in [0.717, 1.165) is 23.2 Å². The maximum Gasteiger partial charge on any atom is 0.312 e. The lowest BCUT2D eigenvalue weighted by molar-refractivity contribution is -0.139. The smallest absolute Gasteiger partial charge is 0.312 e. The number of carboxylic acid groups (broad SMARTS) is 1. The molecule has 0 radical (unpaired) electrons. The van der Waals surface area contributed by atoms with E-state index in [1.807, 2.05) is 0 Å². The van der Waals surface area contributed by atoms with Crippen LogP contribution >= 0.6 is 23.2 Å². The molecule has 0 aliphatic heterocycles. The van der Waals surface area contributed by atoms with Gasteiger partial charge in [0, 0.05) is 16.1 Å². The first-order valence-corrected chi connectivity index (χ1v) is 9.27. The molecule has 2 aromatic carbocycles. The standard InChI is InChI=1S/C20H15Cl2FN2O2/c21-12-6-9-17(16(22)10-12)25-19(11-4-7-13(23)8-5-11)14-2-1-3-15(20(26)27)18(14)24-25/h4-10,15H,1-3H2,(H,26,27). The molecular formula is C20H15Cl2FN2O2. The molecule has 1 N–H and O–H groups in total. The first kappa shape index (κ1) is 18.0. The highest BCUT2D eigenvalue weighted by atomic mass is 35.5. The van der Waals surface area contributed by atoms with E-state index in [4.69, 9.17) is 23.2 Å². The minimum Gasteiger partial charge on any atom is -0.481 e. The van der Waals surface area contributed by atoms with E-state index in [0.29, 0.717) is 34.3 Å². The van der Waals surface area contributed by atoms with Crippen molar-refractivity contribution in [2.24, 2.45) is 0 Å². The Labute approximate surface area is 165 Å². The molecule has 1 aliphatic carbocycles. The van der Waals surface area contributed by atoms with Crippen LogP contribution in [0.1, 0.15) is 30.0 Å². The van der Waals surface area contributed by atoms with Crippen molar-refractivity contribution in [3.05, 3.63) is 69.6 Å². The number of aliphatic carboxylic acids is 1. The van der Waals surface area contributed by atoms with Crippen LogP contribution in [-0.2, 0) is 11.2 Å². The monoisotopic (exact) mass is 404 g/mol. The number of halogens is 3. The van der Waals surface area contributed by atoms with Crippen molar-refractivity contribution >= 4 is 29.2 Å². The summed E-state index contributed by atoms with van der Waals surface area (Å²) in [7, 11) is 0. The predicted molar refractivity (Wildman–Crippen MR) is 102 cm³/mol. The highest BCUT2D eigenvalue weighted by molar-refractivity contribution is 6.35. The van der Waals surface area contributed by atoms with Gasteiger partial charge in [0.15, 0.2) is 0 Å². The van der Waals surface area contributed by atoms with Gasteiger partial charge in [0.2, 0.25) is 0 Å². The summed E-state index contributed by atoms with van der Waals surface area (Å²) >= 11 is 12.4. The zero-order chi connectivity index (χ0) is 19.1. The van der Waals surface area contributed by atoms with E-state index in [2.05, 4.69) is 5.10 Å². The van der Waals surface area contributed by atoms with Crippen molar-refractivity contribution in [1.82, 2.24) is 9.78 Å². The Morgan fingerprint density at radius 2 is 1.93 bits per heavy atom. The molecule has 1 aliphatic rings. The number of rotatable bonds is 3. The molecule has 0 saturated carbocycles. The van der Waals surface area contributed by atoms with Crippen molar-refractivity contribution in [2.75, 3.05) is 0 Å². The van der Waals surface area contributed by atoms with Gasteiger partial charge in [0.25, 0.3) is 0 Å². The number of hydrogen-bond donors (Lipinski definition) is 1. The molecule has 1 atom stereocenters. The van der Waals surface area contributed by atoms with Gasteiger partial charge in [-0.25, -0.2) is 9.07 Å². The quantitative estimate of drug-likeness (QED) is 0.627. The van der Waals surface area contributed by atoms with E-state index < -0.39 is 11.9 Å². The lowest BCUT2D eigenvalue weighted by Gasteiger charge is -2.18. The summed E-state index contributed by atoms with van der Waals surface area (Å²) in [4.78, 5) is 11.7. The number of carbonyl (C=O) groups is 1. The van der Waals surface area contributed by atoms with Crippen LogP contribution in [0.15, 0.2) is 42.5 Å². The Balaban J connectivity index is 1.99. The fourth-order valence-corrected chi connectivity index (χ4v) is 4.07. The molecule has 0 amide bonds. The molecule has 0 bridgehead atoms. The van der Waals surface area contributed by atoms with E-state index in [9.17, 15) is 14.3 Å². The van der Waals surface area contributed by atoms with Gasteiger partial charge in [0.05, 0.1) is 22.1 Å². The van der Waals surface area contributed by atoms with Crippen LogP contribution in [0.2, 0.25) is 10.0 Å². The highest BCUT2D eigenvalue weighted by Gasteiger charge is 2.33. The average Bonchev–Trinajstić information content (AvgIpc) is 3.01. The first-order valence-electron chi connectivity index (χ1n) is 8.51. The third kappa shape index (κ3) is 3.22. The number of carboxylic acids is 1. The normalized spacial score (nSPS) is 16.2. The third-order valence-electron chi connectivity index (χ3n) is 4.82. The number of aromatic nitrogens is 2. The van der Waals surface area contributed by atoms with Crippen LogP contribution in [0.4, 0.5) is 4.39 Å². The molecule has 0 fully saturated rings. The molecule has 1 unspecified atom stereocenters. The molecule has 1 aromatic heterocycles. The van der Waals surface area contributed by atoms with Gasteiger partial charge < -0.3 is 5.11 Å². The lowest BCUT2D eigenvalue weighted by atomic mass is 9.85. The maximum absolute atomic E-state index is 13.4. The SMILES string of the molecule is O=C(O)C1CCCc2c1nn(-c1ccc(Cl)cc1Cl)c2-c1ccc(F)cc1. The fraction of sp³-hybridized carbons (Fsp3) is 0.200. The van der Waals surface area contributed by atoms with E-state index in [1.54, 1.807) is 35.0 Å². The lowest BCUT2D eigenvalue weighted by Crippen LogP contribution is -2.17. The Morgan fingerprint density at radius 3 is 2.59 bits per heavy atom. The summed E-state index contributed by atoms with van der Waals surface area (Å²) in [6.07, 6.45) is 1.99. The second kappa shape index (κ2) is 6.98. The number of benzene rings is 2. The zero-order valence-corrected chi connectivity index (χ0v) is 15.6. The van der Waals surface area contributed by atoms with E-state index in [-0.39, 0.29) is 5.82 Å². The van der Waals surface area contributed by atoms with Crippen LogP contribution < -0.4 is 0 Å². The third-order valence-corrected chi connectivity index (χ3v) is 5.36. The number of nitrogens with zero attached hydrogens (tertiary/aromatic N) is 2. The van der Waals surface area contributed by atoms with Crippen molar-refractivity contribution in [1.29, 1.82) is 0 Å². The molecule has 0 saturated heterocycles. The summed E-state index contributed by atoms with van der Waals surface area (Å²) in [5.41, 5.74) is 3.49. The Bertz CT molecular complexity index is 1030. The van der Waals surface area contributed by atoms with Gasteiger partial charge in [0.1, 0.15) is 11.7 Å². The molecule has 7 heteroatoms. The average molecular weight is 405 g/mol. The molecule has 3 aromatic rings. The van der Waals surface area contributed by atoms with Gasteiger partial charge in [-0.05, 0) is 61.7 Å². The van der Waals surface area contributed by atoms with Crippen molar-refractivity contribution in [2.45, 2.75) is 25.2 Å². The van der Waals surface area contributed by atoms with Crippen LogP contribution in [0.25, 0.3) is 16.9 Å². The molecule has 1 heterocycles. The van der Waals surface area contributed by atoms with Crippen molar-refractivity contribution < 1.29 is 14.3 Å². The highest BCUT2D eigenvalue weighted by Crippen LogP contribution is 2.40. The topological polar surface area (TPSA) is 55.1 Å². The van der Waals surface area contributed by atoms with Gasteiger partial charge in [-0.15, -0.1) is 0 Å².